The van der Waals surface area contributed by atoms with E-state index in [1.54, 1.807) is 6.92 Å². The Balaban J connectivity index is 1.21. The number of Topliss-reactive ketones (excluding diaryl/α,β-unsaturated/α-hetero) is 1. The van der Waals surface area contributed by atoms with Crippen LogP contribution in [0.4, 0.5) is 0 Å². The number of carbonyl (C=O) groups is 3. The molecule has 0 spiro atoms. The molecule has 6 N–H and O–H groups in total. The summed E-state index contributed by atoms with van der Waals surface area (Å²) in [5, 5.41) is 30.0. The van der Waals surface area contributed by atoms with Crippen molar-refractivity contribution in [3.63, 3.8) is 0 Å². The smallest absolute Gasteiger partial charge is 0.323 e. The lowest BCUT2D eigenvalue weighted by Gasteiger charge is -2.20. The van der Waals surface area contributed by atoms with Crippen molar-refractivity contribution in [1.82, 2.24) is 20.6 Å². The first kappa shape index (κ1) is 50.9. The first-order valence-corrected chi connectivity index (χ1v) is 25.4. The molecule has 0 aromatic carbocycles. The van der Waals surface area contributed by atoms with Gasteiger partial charge in [0.15, 0.2) is 12.6 Å². The van der Waals surface area contributed by atoms with E-state index in [0.29, 0.717) is 35.6 Å². The number of carbonyl (C=O) groups excluding carboxylic acids is 3. The topological polar surface area (TPSA) is 166 Å². The fourth-order valence-corrected chi connectivity index (χ4v) is 11.6. The Bertz CT molecular complexity index is 2290. The van der Waals surface area contributed by atoms with Crippen LogP contribution in [-0.2, 0) is 25.5 Å². The second-order valence-corrected chi connectivity index (χ2v) is 21.1. The lowest BCUT2D eigenvalue weighted by molar-refractivity contribution is -0.153. The van der Waals surface area contributed by atoms with Crippen LogP contribution in [0.2, 0.25) is 0 Å². The summed E-state index contributed by atoms with van der Waals surface area (Å²) in [6.45, 7) is 23.1. The van der Waals surface area contributed by atoms with Gasteiger partial charge in [0.05, 0.1) is 11.5 Å². The number of allylic oxidation sites excluding steroid dienone is 3. The predicted molar refractivity (Wildman–Crippen MR) is 264 cm³/mol. The van der Waals surface area contributed by atoms with Gasteiger partial charge >= 0.3 is 11.9 Å². The maximum Gasteiger partial charge on any atom is 0.323 e. The van der Waals surface area contributed by atoms with E-state index in [1.165, 1.54) is 50.5 Å². The largest absolute Gasteiger partial charge is 0.512 e. The number of aromatic nitrogens is 2. The zero-order valence-corrected chi connectivity index (χ0v) is 42.0. The highest BCUT2D eigenvalue weighted by Gasteiger charge is 2.50. The molecule has 8 bridgehead atoms. The Kier molecular flexibility index (Phi) is 17.4. The van der Waals surface area contributed by atoms with Crippen LogP contribution in [-0.4, -0.2) is 63.4 Å². The molecule has 1 unspecified atom stereocenters. The van der Waals surface area contributed by atoms with E-state index in [1.807, 2.05) is 19.9 Å². The first-order valence-electron chi connectivity index (χ1n) is 25.4. The summed E-state index contributed by atoms with van der Waals surface area (Å²) in [6, 6.07) is -0.168. The molecule has 11 heteroatoms. The van der Waals surface area contributed by atoms with E-state index < -0.39 is 18.7 Å². The summed E-state index contributed by atoms with van der Waals surface area (Å²) in [6.07, 6.45) is 19.6. The van der Waals surface area contributed by atoms with Gasteiger partial charge in [-0.05, 0) is 112 Å². The van der Waals surface area contributed by atoms with Crippen LogP contribution in [0.3, 0.4) is 0 Å². The Labute approximate surface area is 394 Å². The van der Waals surface area contributed by atoms with E-state index in [0.717, 1.165) is 75.6 Å². The number of nitrogens with one attached hydrogen (secondary N) is 4. The molecule has 0 amide bonds. The van der Waals surface area contributed by atoms with Gasteiger partial charge in [0, 0.05) is 81.2 Å². The molecule has 364 valence electrons. The number of fused-ring (bicyclic) bond motifs is 7. The third-order valence-corrected chi connectivity index (χ3v) is 15.7. The summed E-state index contributed by atoms with van der Waals surface area (Å²) in [7, 11) is 0. The van der Waals surface area contributed by atoms with Crippen molar-refractivity contribution in [3.8, 4) is 0 Å². The SMILES string of the molecule is CC[C@H]1/C2=C/c3[nH]c4c(c3C)C(=O)[C@H](C(=O)OCO)/C4=C3/NC(Cc4[nH]c(/c(=C(\C)O)c4C)=C\[C@@H](N2)[C@@H]1C)[C@@H](C)[C@@H]3CCC(=O)OC/C=C(/C)CCC[C@H](C)CCC[C@H](C)CCCC(C)C. The van der Waals surface area contributed by atoms with E-state index >= 15 is 0 Å². The number of aliphatic hydroxyl groups is 2. The standard InChI is InChI=1S/C55H82N4O7/c1-12-39-34(7)41-28-46-48(38(11)61)36(9)43(57-46)26-42-35(8)40(22-23-47(62)65-25-24-33(6)21-15-20-32(5)19-14-18-31(4)17-13-16-30(2)3)52(58-42)50-51(55(64)66-29-60)54(63)49-37(10)44(59-53(49)50)27-45(39)56-41/h24,27-28,30-32,34-35,39-42,51,56-61H,12-23,25-26,29H2,1-11H3/b33-24-,45-27-,46-28-,48-38+,52-50-/t31-,32-,34-,35+,39-,40+,41-,42?,51-/m1/s1. The van der Waals surface area contributed by atoms with Crippen molar-refractivity contribution < 1.29 is 34.1 Å². The summed E-state index contributed by atoms with van der Waals surface area (Å²) in [4.78, 5) is 49.0. The highest BCUT2D eigenvalue weighted by molar-refractivity contribution is 6.24. The number of H-pyrrole nitrogens is 2. The van der Waals surface area contributed by atoms with E-state index in [4.69, 9.17) is 9.47 Å². The van der Waals surface area contributed by atoms with Crippen LogP contribution in [0.15, 0.2) is 23.0 Å². The maximum atomic E-state index is 14.5. The molecule has 3 aliphatic heterocycles. The normalized spacial score (nSPS) is 27.4. The second kappa shape index (κ2) is 22.5. The highest BCUT2D eigenvalue weighted by atomic mass is 16.6. The van der Waals surface area contributed by atoms with Gasteiger partial charge in [-0.25, -0.2) is 0 Å². The Morgan fingerprint density at radius 2 is 1.56 bits per heavy atom. The minimum Gasteiger partial charge on any atom is -0.512 e. The van der Waals surface area contributed by atoms with Crippen molar-refractivity contribution in [1.29, 1.82) is 0 Å². The van der Waals surface area contributed by atoms with Gasteiger partial charge in [-0.15, -0.1) is 0 Å². The molecule has 2 aromatic heterocycles. The van der Waals surface area contributed by atoms with Crippen LogP contribution in [0.25, 0.3) is 23.5 Å². The van der Waals surface area contributed by atoms with E-state index in [2.05, 4.69) is 88.1 Å². The molecule has 2 fully saturated rings. The lowest BCUT2D eigenvalue weighted by atomic mass is 9.83. The molecule has 66 heavy (non-hydrogen) atoms. The second-order valence-electron chi connectivity index (χ2n) is 21.1. The highest BCUT2D eigenvalue weighted by Crippen LogP contribution is 2.48. The number of ether oxygens (including phenoxy) is 2. The number of esters is 2. The zero-order valence-electron chi connectivity index (χ0n) is 42.0. The molecule has 11 nitrogen and oxygen atoms in total. The molecule has 1 aliphatic carbocycles. The quantitative estimate of drug-likeness (QED) is 0.0329. The van der Waals surface area contributed by atoms with Crippen molar-refractivity contribution in [2.45, 2.75) is 172 Å². The number of hydrogen-bond donors (Lipinski definition) is 6. The number of ketones is 1. The summed E-state index contributed by atoms with van der Waals surface area (Å²) >= 11 is 0. The van der Waals surface area contributed by atoms with E-state index in [-0.39, 0.29) is 66.3 Å². The molecular weight excluding hydrogens is 829 g/mol. The third kappa shape index (κ3) is 11.4. The number of aromatic amines is 2. The molecule has 6 rings (SSSR count). The molecule has 2 saturated heterocycles. The minimum atomic E-state index is -1.28. The zero-order chi connectivity index (χ0) is 48.0. The fourth-order valence-electron chi connectivity index (χ4n) is 11.6. The maximum absolute atomic E-state index is 14.5. The Hall–Kier alpha value is -4.51. The summed E-state index contributed by atoms with van der Waals surface area (Å²) in [5.74, 6) is -0.0260. The van der Waals surface area contributed by atoms with Crippen LogP contribution in [0.5, 0.6) is 0 Å². The summed E-state index contributed by atoms with van der Waals surface area (Å²) in [5.41, 5.74) is 8.01. The fraction of sp³-hybridized carbons (Fsp3) is 0.655. The first-order chi connectivity index (χ1) is 31.4. The van der Waals surface area contributed by atoms with Crippen LogP contribution >= 0.6 is 0 Å². The van der Waals surface area contributed by atoms with Gasteiger partial charge in [0.25, 0.3) is 0 Å². The average Bonchev–Trinajstić information content (AvgIpc) is 4.00. The van der Waals surface area contributed by atoms with Crippen LogP contribution in [0.1, 0.15) is 178 Å². The predicted octanol–water partition coefficient (Wildman–Crippen LogP) is 9.61. The molecule has 2 aromatic rings. The Morgan fingerprint density at radius 3 is 2.21 bits per heavy atom. The minimum absolute atomic E-state index is 0.0136. The number of hydrogen-bond acceptors (Lipinski definition) is 9. The van der Waals surface area contributed by atoms with Crippen LogP contribution in [0, 0.1) is 61.2 Å². The van der Waals surface area contributed by atoms with Crippen molar-refractivity contribution in [2.24, 2.45) is 47.3 Å². The number of rotatable bonds is 20. The molecule has 0 radical (unpaired) electrons. The third-order valence-electron chi connectivity index (χ3n) is 15.7. The monoisotopic (exact) mass is 911 g/mol. The molecule has 4 aliphatic rings. The van der Waals surface area contributed by atoms with Gasteiger partial charge in [-0.2, -0.15) is 0 Å². The number of aliphatic hydroxyl groups excluding tert-OH is 2. The van der Waals surface area contributed by atoms with Crippen LogP contribution < -0.4 is 21.2 Å². The molecule has 9 atom stereocenters. The average molecular weight is 911 g/mol. The lowest BCUT2D eigenvalue weighted by Crippen LogP contribution is -2.32. The molecule has 5 heterocycles. The van der Waals surface area contributed by atoms with Crippen molar-refractivity contribution >= 4 is 41.2 Å². The molecule has 0 saturated carbocycles. The van der Waals surface area contributed by atoms with Gasteiger partial charge in [0.2, 0.25) is 0 Å². The van der Waals surface area contributed by atoms with Gasteiger partial charge in [-0.1, -0.05) is 99.0 Å². The van der Waals surface area contributed by atoms with Crippen molar-refractivity contribution in [2.75, 3.05) is 13.4 Å². The molecular formula is C55H82N4O7. The van der Waals surface area contributed by atoms with E-state index in [9.17, 15) is 24.6 Å². The van der Waals surface area contributed by atoms with Gasteiger partial charge < -0.3 is 40.3 Å². The summed E-state index contributed by atoms with van der Waals surface area (Å²) < 4.78 is 11.0. The van der Waals surface area contributed by atoms with Crippen molar-refractivity contribution in [3.05, 3.63) is 67.4 Å². The van der Waals surface area contributed by atoms with Gasteiger partial charge in [-0.3, -0.25) is 14.4 Å². The van der Waals surface area contributed by atoms with Gasteiger partial charge in [0.1, 0.15) is 12.5 Å². The Morgan fingerprint density at radius 1 is 0.879 bits per heavy atom.